The second-order valence-corrected chi connectivity index (χ2v) is 12.3. The van der Waals surface area contributed by atoms with Crippen molar-refractivity contribution in [3.63, 3.8) is 0 Å². The van der Waals surface area contributed by atoms with E-state index in [0.717, 1.165) is 0 Å². The standard InChI is InChI=1S/C36H21NS2/c1-4-12-30-25(8-1)26-9-2-5-13-31(26)37(30)23-17-19-33-29(21-23)36-24(11-7-15-34(36)38-33)22-16-18-28-27-10-3-6-14-32(27)39-35(28)20-22/h1-21H. The van der Waals surface area contributed by atoms with Crippen molar-refractivity contribution in [2.45, 2.75) is 0 Å². The van der Waals surface area contributed by atoms with Gasteiger partial charge in [-0.3, -0.25) is 0 Å². The molecule has 6 aromatic carbocycles. The number of para-hydroxylation sites is 2. The first kappa shape index (κ1) is 21.5. The summed E-state index contributed by atoms with van der Waals surface area (Å²) < 4.78 is 7.76. The first-order valence-corrected chi connectivity index (χ1v) is 14.8. The Hall–Kier alpha value is -4.44. The summed E-state index contributed by atoms with van der Waals surface area (Å²) in [6.45, 7) is 0. The van der Waals surface area contributed by atoms with Gasteiger partial charge in [-0.2, -0.15) is 0 Å². The van der Waals surface area contributed by atoms with Crippen molar-refractivity contribution >= 4 is 84.8 Å². The van der Waals surface area contributed by atoms with Crippen LogP contribution in [-0.4, -0.2) is 4.57 Å². The summed E-state index contributed by atoms with van der Waals surface area (Å²) in [6.07, 6.45) is 0. The van der Waals surface area contributed by atoms with Gasteiger partial charge in [-0.15, -0.1) is 22.7 Å². The van der Waals surface area contributed by atoms with E-state index < -0.39 is 0 Å². The fourth-order valence-corrected chi connectivity index (χ4v) is 8.55. The van der Waals surface area contributed by atoms with Crippen LogP contribution in [0.5, 0.6) is 0 Å². The van der Waals surface area contributed by atoms with E-state index in [4.69, 9.17) is 0 Å². The molecule has 0 spiro atoms. The number of fused-ring (bicyclic) bond motifs is 9. The summed E-state index contributed by atoms with van der Waals surface area (Å²) in [6, 6.07) is 46.9. The minimum Gasteiger partial charge on any atom is -0.309 e. The largest absolute Gasteiger partial charge is 0.309 e. The van der Waals surface area contributed by atoms with E-state index in [-0.39, 0.29) is 0 Å². The molecule has 182 valence electrons. The van der Waals surface area contributed by atoms with Crippen LogP contribution in [0.4, 0.5) is 0 Å². The van der Waals surface area contributed by atoms with Gasteiger partial charge in [0.05, 0.1) is 11.0 Å². The van der Waals surface area contributed by atoms with Gasteiger partial charge in [-0.1, -0.05) is 78.9 Å². The van der Waals surface area contributed by atoms with Gasteiger partial charge in [-0.05, 0) is 59.7 Å². The van der Waals surface area contributed by atoms with E-state index in [2.05, 4.69) is 132 Å². The number of hydrogen-bond acceptors (Lipinski definition) is 2. The fraction of sp³-hybridized carbons (Fsp3) is 0. The molecule has 3 heterocycles. The molecule has 0 atom stereocenters. The Morgan fingerprint density at radius 2 is 1.05 bits per heavy atom. The van der Waals surface area contributed by atoms with Crippen molar-refractivity contribution in [3.8, 4) is 16.8 Å². The lowest BCUT2D eigenvalue weighted by Crippen LogP contribution is -1.93. The number of thiophene rings is 2. The molecule has 0 saturated heterocycles. The maximum Gasteiger partial charge on any atom is 0.0541 e. The topological polar surface area (TPSA) is 4.93 Å². The van der Waals surface area contributed by atoms with E-state index in [1.165, 1.54) is 79.0 Å². The van der Waals surface area contributed by atoms with Gasteiger partial charge in [0.1, 0.15) is 0 Å². The van der Waals surface area contributed by atoms with E-state index >= 15 is 0 Å². The normalized spacial score (nSPS) is 12.1. The molecular formula is C36H21NS2. The Kier molecular flexibility index (Phi) is 4.43. The van der Waals surface area contributed by atoms with Crippen LogP contribution < -0.4 is 0 Å². The van der Waals surface area contributed by atoms with Gasteiger partial charge in [0.2, 0.25) is 0 Å². The molecular weight excluding hydrogens is 511 g/mol. The van der Waals surface area contributed by atoms with Crippen molar-refractivity contribution in [1.29, 1.82) is 0 Å². The molecule has 0 unspecified atom stereocenters. The number of rotatable bonds is 2. The van der Waals surface area contributed by atoms with Crippen LogP contribution in [0.25, 0.3) is 79.0 Å². The summed E-state index contributed by atoms with van der Waals surface area (Å²) >= 11 is 3.77. The summed E-state index contributed by atoms with van der Waals surface area (Å²) in [5, 5.41) is 7.94. The maximum atomic E-state index is 2.42. The van der Waals surface area contributed by atoms with Crippen molar-refractivity contribution in [2.24, 2.45) is 0 Å². The third-order valence-electron chi connectivity index (χ3n) is 8.01. The van der Waals surface area contributed by atoms with E-state index in [1.807, 2.05) is 22.7 Å². The number of aromatic nitrogens is 1. The molecule has 0 bridgehead atoms. The second-order valence-electron chi connectivity index (χ2n) is 10.1. The van der Waals surface area contributed by atoms with Gasteiger partial charge in [0.25, 0.3) is 0 Å². The predicted octanol–water partition coefficient (Wildman–Crippen LogP) is 11.2. The Morgan fingerprint density at radius 3 is 1.87 bits per heavy atom. The molecule has 3 aromatic heterocycles. The first-order chi connectivity index (χ1) is 19.3. The minimum absolute atomic E-state index is 1.20. The lowest BCUT2D eigenvalue weighted by Gasteiger charge is -2.09. The van der Waals surface area contributed by atoms with Crippen LogP contribution in [0.1, 0.15) is 0 Å². The zero-order valence-electron chi connectivity index (χ0n) is 20.9. The molecule has 0 N–H and O–H groups in total. The van der Waals surface area contributed by atoms with Crippen LogP contribution in [-0.2, 0) is 0 Å². The van der Waals surface area contributed by atoms with Crippen molar-refractivity contribution in [3.05, 3.63) is 127 Å². The highest BCUT2D eigenvalue weighted by molar-refractivity contribution is 7.26. The summed E-state index contributed by atoms with van der Waals surface area (Å²) in [4.78, 5) is 0. The third-order valence-corrected chi connectivity index (χ3v) is 10.3. The quantitative estimate of drug-likeness (QED) is 0.209. The summed E-state index contributed by atoms with van der Waals surface area (Å²) in [5.41, 5.74) is 6.27. The first-order valence-electron chi connectivity index (χ1n) is 13.2. The Balaban J connectivity index is 1.31. The van der Waals surface area contributed by atoms with Crippen LogP contribution in [0.3, 0.4) is 0 Å². The van der Waals surface area contributed by atoms with Crippen molar-refractivity contribution in [2.75, 3.05) is 0 Å². The molecule has 39 heavy (non-hydrogen) atoms. The fourth-order valence-electron chi connectivity index (χ4n) is 6.29. The van der Waals surface area contributed by atoms with Gasteiger partial charge in [0, 0.05) is 56.8 Å². The van der Waals surface area contributed by atoms with Crippen molar-refractivity contribution < 1.29 is 0 Å². The second kappa shape index (κ2) is 8.03. The molecule has 0 radical (unpaired) electrons. The van der Waals surface area contributed by atoms with Gasteiger partial charge >= 0.3 is 0 Å². The zero-order valence-corrected chi connectivity index (χ0v) is 22.5. The smallest absolute Gasteiger partial charge is 0.0541 e. The van der Waals surface area contributed by atoms with Gasteiger partial charge in [-0.25, -0.2) is 0 Å². The van der Waals surface area contributed by atoms with Crippen LogP contribution in [0.15, 0.2) is 127 Å². The number of hydrogen-bond donors (Lipinski definition) is 0. The molecule has 0 amide bonds. The van der Waals surface area contributed by atoms with Crippen LogP contribution in [0.2, 0.25) is 0 Å². The SMILES string of the molecule is c1ccc2c(c1)sc1cc(-c3cccc4sc5ccc(-n6c7ccccc7c7ccccc76)cc5c34)ccc12. The van der Waals surface area contributed by atoms with E-state index in [1.54, 1.807) is 0 Å². The van der Waals surface area contributed by atoms with Gasteiger partial charge in [0.15, 0.2) is 0 Å². The molecule has 1 nitrogen and oxygen atoms in total. The van der Waals surface area contributed by atoms with Crippen LogP contribution >= 0.6 is 22.7 Å². The summed E-state index contributed by atoms with van der Waals surface area (Å²) in [7, 11) is 0. The highest BCUT2D eigenvalue weighted by Crippen LogP contribution is 2.43. The molecule has 9 rings (SSSR count). The molecule has 0 fully saturated rings. The van der Waals surface area contributed by atoms with Crippen LogP contribution in [0, 0.1) is 0 Å². The lowest BCUT2D eigenvalue weighted by atomic mass is 9.98. The molecule has 0 aliphatic rings. The lowest BCUT2D eigenvalue weighted by molar-refractivity contribution is 1.19. The highest BCUT2D eigenvalue weighted by Gasteiger charge is 2.16. The summed E-state index contributed by atoms with van der Waals surface area (Å²) in [5.74, 6) is 0. The molecule has 0 aliphatic heterocycles. The highest BCUT2D eigenvalue weighted by atomic mass is 32.1. The Labute approximate surface area is 232 Å². The predicted molar refractivity (Wildman–Crippen MR) is 172 cm³/mol. The minimum atomic E-state index is 1.20. The molecule has 9 aromatic rings. The molecule has 0 saturated carbocycles. The van der Waals surface area contributed by atoms with Gasteiger partial charge < -0.3 is 4.57 Å². The Morgan fingerprint density at radius 1 is 0.410 bits per heavy atom. The monoisotopic (exact) mass is 531 g/mol. The maximum absolute atomic E-state index is 2.42. The average molecular weight is 532 g/mol. The zero-order chi connectivity index (χ0) is 25.5. The third kappa shape index (κ3) is 3.06. The van der Waals surface area contributed by atoms with E-state index in [0.29, 0.717) is 0 Å². The van der Waals surface area contributed by atoms with Crippen molar-refractivity contribution in [1.82, 2.24) is 4.57 Å². The Bertz CT molecular complexity index is 2350. The van der Waals surface area contributed by atoms with E-state index in [9.17, 15) is 0 Å². The average Bonchev–Trinajstić information content (AvgIpc) is 3.65. The number of benzene rings is 6. The molecule has 3 heteroatoms. The number of nitrogens with zero attached hydrogens (tertiary/aromatic N) is 1. The molecule has 0 aliphatic carbocycles.